The van der Waals surface area contributed by atoms with Crippen LogP contribution < -0.4 is 0 Å². The Hall–Kier alpha value is -0.0631. The lowest BCUT2D eigenvalue weighted by molar-refractivity contribution is -0.230. The molecular weight excluding hydrogens is 448 g/mol. The van der Waals surface area contributed by atoms with Gasteiger partial charge in [-0.1, -0.05) is 50.0 Å². The first-order valence-electron chi connectivity index (χ1n) is 11.2. The molecule has 0 saturated carbocycles. The molecule has 3 fully saturated rings. The van der Waals surface area contributed by atoms with Crippen molar-refractivity contribution in [2.24, 2.45) is 0 Å². The zero-order valence-electron chi connectivity index (χ0n) is 19.2. The number of hydrogen-bond acceptors (Lipinski definition) is 7. The summed E-state index contributed by atoms with van der Waals surface area (Å²) in [5.74, 6) is 1.61. The Bertz CT molecular complexity index is 735. The Morgan fingerprint density at radius 3 is 2.45 bits per heavy atom. The predicted molar refractivity (Wildman–Crippen MR) is 130 cm³/mol. The van der Waals surface area contributed by atoms with Crippen molar-refractivity contribution in [1.82, 2.24) is 0 Å². The number of benzene rings is 1. The summed E-state index contributed by atoms with van der Waals surface area (Å²) in [6, 6.07) is 10.1. The largest absolute Gasteiger partial charge is 0.390 e. The lowest BCUT2D eigenvalue weighted by Gasteiger charge is -2.47. The van der Waals surface area contributed by atoms with Crippen LogP contribution in [0.1, 0.15) is 32.3 Å². The van der Waals surface area contributed by atoms with E-state index >= 15 is 0 Å². The van der Waals surface area contributed by atoms with Crippen molar-refractivity contribution in [2.45, 2.75) is 93.1 Å². The number of aliphatic hydroxyl groups is 1. The average Bonchev–Trinajstić information content (AvgIpc) is 3.19. The van der Waals surface area contributed by atoms with E-state index in [1.54, 1.807) is 0 Å². The van der Waals surface area contributed by atoms with Gasteiger partial charge in [0.25, 0.3) is 0 Å². The molecule has 0 aliphatic carbocycles. The second-order valence-electron chi connectivity index (χ2n) is 10.2. The van der Waals surface area contributed by atoms with E-state index in [4.69, 9.17) is 18.9 Å². The minimum Gasteiger partial charge on any atom is -0.390 e. The van der Waals surface area contributed by atoms with Crippen LogP contribution in [0.5, 0.6) is 0 Å². The molecule has 1 N–H and O–H groups in total. The van der Waals surface area contributed by atoms with Crippen LogP contribution in [0.3, 0.4) is 0 Å². The minimum absolute atomic E-state index is 0.0801. The van der Waals surface area contributed by atoms with Gasteiger partial charge in [0.1, 0.15) is 18.3 Å². The van der Waals surface area contributed by atoms with E-state index in [0.717, 1.165) is 17.1 Å². The molecule has 3 heterocycles. The van der Waals surface area contributed by atoms with Gasteiger partial charge in [0.05, 0.1) is 24.5 Å². The van der Waals surface area contributed by atoms with E-state index in [9.17, 15) is 5.11 Å². The van der Waals surface area contributed by atoms with Crippen LogP contribution in [-0.2, 0) is 25.6 Å². The Morgan fingerprint density at radius 1 is 1.13 bits per heavy atom. The summed E-state index contributed by atoms with van der Waals surface area (Å²) < 4.78 is 24.8. The highest BCUT2D eigenvalue weighted by molar-refractivity contribution is 8.21. The first-order valence-corrected chi connectivity index (χ1v) is 16.7. The SMILES string of the molecule is CC1(C)O[C@H]2O[C@H]([C@H](O)CC3([Si](C)(C)C)SCCCS3)[C@H](OCc3ccccc3)[C@H]2O1. The summed E-state index contributed by atoms with van der Waals surface area (Å²) in [5, 5.41) is 11.5. The van der Waals surface area contributed by atoms with E-state index < -0.39 is 32.4 Å². The second-order valence-corrected chi connectivity index (χ2v) is 19.3. The maximum atomic E-state index is 11.5. The molecule has 0 radical (unpaired) electrons. The van der Waals surface area contributed by atoms with Gasteiger partial charge in [0.15, 0.2) is 12.1 Å². The van der Waals surface area contributed by atoms with Gasteiger partial charge in [-0.15, -0.1) is 23.5 Å². The van der Waals surface area contributed by atoms with Crippen molar-refractivity contribution >= 4 is 31.6 Å². The van der Waals surface area contributed by atoms with Crippen LogP contribution in [-0.4, -0.2) is 64.9 Å². The molecule has 0 unspecified atom stereocenters. The molecule has 0 spiro atoms. The van der Waals surface area contributed by atoms with Gasteiger partial charge < -0.3 is 24.1 Å². The topological polar surface area (TPSA) is 57.2 Å². The summed E-state index contributed by atoms with van der Waals surface area (Å²) in [7, 11) is -1.56. The van der Waals surface area contributed by atoms with Crippen molar-refractivity contribution in [2.75, 3.05) is 11.5 Å². The van der Waals surface area contributed by atoms with Gasteiger partial charge in [-0.05, 0) is 43.8 Å². The number of rotatable bonds is 7. The molecule has 0 aromatic heterocycles. The van der Waals surface area contributed by atoms with E-state index in [2.05, 4.69) is 19.6 Å². The second kappa shape index (κ2) is 9.29. The van der Waals surface area contributed by atoms with Crippen molar-refractivity contribution in [3.63, 3.8) is 0 Å². The zero-order valence-corrected chi connectivity index (χ0v) is 21.8. The van der Waals surface area contributed by atoms with Gasteiger partial charge in [0, 0.05) is 0 Å². The summed E-state index contributed by atoms with van der Waals surface area (Å²) in [4.78, 5) is 0. The Kier molecular flexibility index (Phi) is 7.22. The summed E-state index contributed by atoms with van der Waals surface area (Å²) in [5.41, 5.74) is 1.09. The Morgan fingerprint density at radius 2 is 1.81 bits per heavy atom. The van der Waals surface area contributed by atoms with Gasteiger partial charge in [-0.25, -0.2) is 0 Å². The van der Waals surface area contributed by atoms with Gasteiger partial charge in [-0.2, -0.15) is 0 Å². The van der Waals surface area contributed by atoms with E-state index in [1.165, 1.54) is 6.42 Å². The van der Waals surface area contributed by atoms with Gasteiger partial charge >= 0.3 is 0 Å². The van der Waals surface area contributed by atoms with E-state index in [0.29, 0.717) is 13.0 Å². The van der Waals surface area contributed by atoms with Crippen molar-refractivity contribution in [3.8, 4) is 0 Å². The monoisotopic (exact) mass is 484 g/mol. The molecule has 5 atom stereocenters. The van der Waals surface area contributed by atoms with Crippen molar-refractivity contribution in [3.05, 3.63) is 35.9 Å². The van der Waals surface area contributed by atoms with Crippen LogP contribution in [0.15, 0.2) is 30.3 Å². The summed E-state index contributed by atoms with van der Waals surface area (Å²) >= 11 is 4.09. The fraction of sp³-hybridized carbons (Fsp3) is 0.739. The Balaban J connectivity index is 1.51. The average molecular weight is 485 g/mol. The number of thioether (sulfide) groups is 2. The molecule has 1 aromatic carbocycles. The smallest absolute Gasteiger partial charge is 0.190 e. The maximum Gasteiger partial charge on any atom is 0.190 e. The van der Waals surface area contributed by atoms with Gasteiger partial charge in [0.2, 0.25) is 0 Å². The first-order chi connectivity index (χ1) is 14.6. The molecule has 0 amide bonds. The zero-order chi connectivity index (χ0) is 22.3. The minimum atomic E-state index is -1.56. The number of fused-ring (bicyclic) bond motifs is 1. The van der Waals surface area contributed by atoms with Crippen LogP contribution >= 0.6 is 23.5 Å². The fourth-order valence-electron chi connectivity index (χ4n) is 4.59. The number of hydrogen-bond donors (Lipinski definition) is 1. The summed E-state index contributed by atoms with van der Waals surface area (Å²) in [6.45, 7) is 11.5. The molecule has 3 saturated heterocycles. The van der Waals surface area contributed by atoms with Crippen molar-refractivity contribution < 1.29 is 24.1 Å². The third kappa shape index (κ3) is 5.21. The Labute approximate surface area is 195 Å². The highest BCUT2D eigenvalue weighted by atomic mass is 32.2. The molecule has 4 rings (SSSR count). The molecule has 5 nitrogen and oxygen atoms in total. The fourth-order valence-corrected chi connectivity index (χ4v) is 12.3. The number of ether oxygens (including phenoxy) is 4. The molecule has 3 aliphatic heterocycles. The van der Waals surface area contributed by atoms with Crippen LogP contribution in [0, 0.1) is 0 Å². The lowest BCUT2D eigenvalue weighted by atomic mass is 10.0. The van der Waals surface area contributed by atoms with E-state index in [1.807, 2.05) is 67.7 Å². The maximum absolute atomic E-state index is 11.5. The summed E-state index contributed by atoms with van der Waals surface area (Å²) in [6.07, 6.45) is -0.382. The van der Waals surface area contributed by atoms with Gasteiger partial charge in [-0.3, -0.25) is 0 Å². The predicted octanol–water partition coefficient (Wildman–Crippen LogP) is 4.64. The van der Waals surface area contributed by atoms with Crippen LogP contribution in [0.2, 0.25) is 19.6 Å². The highest BCUT2D eigenvalue weighted by Crippen LogP contribution is 2.52. The lowest BCUT2D eigenvalue weighted by Crippen LogP contribution is -2.53. The number of aliphatic hydroxyl groups excluding tert-OH is 1. The first kappa shape index (κ1) is 24.1. The molecule has 8 heteroatoms. The highest BCUT2D eigenvalue weighted by Gasteiger charge is 2.58. The molecular formula is C23H36O5S2Si. The quantitative estimate of drug-likeness (QED) is 0.566. The molecule has 174 valence electrons. The van der Waals surface area contributed by atoms with Crippen LogP contribution in [0.25, 0.3) is 0 Å². The molecule has 3 aliphatic rings. The third-order valence-corrected chi connectivity index (χ3v) is 16.3. The molecule has 31 heavy (non-hydrogen) atoms. The standard InChI is InChI=1S/C23H36O5S2Si/c1-22(2)27-20-19(25-15-16-10-7-6-8-11-16)18(26-21(20)28-22)17(24)14-23(31(3,4)5)29-12-9-13-30-23/h6-8,10-11,17-21,24H,9,12-15H2,1-5H3/t17-,18-,19+,20-,21-/m1/s1. The third-order valence-electron chi connectivity index (χ3n) is 6.27. The molecule has 0 bridgehead atoms. The van der Waals surface area contributed by atoms with E-state index in [-0.39, 0.29) is 15.9 Å². The molecule has 1 aromatic rings. The normalized spacial score (nSPS) is 33.2. The van der Waals surface area contributed by atoms with Crippen LogP contribution in [0.4, 0.5) is 0 Å². The van der Waals surface area contributed by atoms with Crippen molar-refractivity contribution in [1.29, 1.82) is 0 Å².